The summed E-state index contributed by atoms with van der Waals surface area (Å²) in [4.78, 5) is 28.9. The van der Waals surface area contributed by atoms with Gasteiger partial charge in [-0.15, -0.1) is 0 Å². The molecule has 2 aromatic heterocycles. The molecule has 0 aliphatic rings. The lowest BCUT2D eigenvalue weighted by Crippen LogP contribution is -2.16. The minimum atomic E-state index is -4.93. The van der Waals surface area contributed by atoms with Crippen LogP contribution in [0.1, 0.15) is 21.6 Å². The highest BCUT2D eigenvalue weighted by atomic mass is 19.4. The Morgan fingerprint density at radius 2 is 1.71 bits per heavy atom. The van der Waals surface area contributed by atoms with Gasteiger partial charge in [-0.2, -0.15) is 26.3 Å². The number of hydrogen-bond donors (Lipinski definition) is 2. The fourth-order valence-corrected chi connectivity index (χ4v) is 2.73. The highest BCUT2D eigenvalue weighted by Gasteiger charge is 2.37. The number of carbonyl (C=O) groups excluding carboxylic acids is 1. The number of carbonyl (C=O) groups is 1. The van der Waals surface area contributed by atoms with Crippen molar-refractivity contribution in [2.75, 3.05) is 0 Å². The molecule has 0 aliphatic carbocycles. The Hall–Kier alpha value is -3.83. The molecule has 162 valence electrons. The molecule has 0 aliphatic heterocycles. The fourth-order valence-electron chi connectivity index (χ4n) is 2.73. The summed E-state index contributed by atoms with van der Waals surface area (Å²) in [5, 5.41) is 0. The minimum absolute atomic E-state index is 0.256. The van der Waals surface area contributed by atoms with Crippen molar-refractivity contribution < 1.29 is 35.9 Å². The van der Waals surface area contributed by atoms with Crippen LogP contribution in [0.3, 0.4) is 0 Å². The van der Waals surface area contributed by atoms with Crippen LogP contribution in [0.5, 0.6) is 11.5 Å². The number of pyridine rings is 2. The first-order chi connectivity index (χ1) is 14.4. The van der Waals surface area contributed by atoms with Crippen molar-refractivity contribution in [3.05, 3.63) is 76.0 Å². The van der Waals surface area contributed by atoms with Crippen LogP contribution in [0, 0.1) is 0 Å². The van der Waals surface area contributed by atoms with E-state index in [-0.39, 0.29) is 11.3 Å². The SMILES string of the molecule is NC(=O)c1ccc(C(F)(F)F)c(-c2cc[nH]c(=O)c2)c1Oc1ccc(C(F)(F)F)nc1. The summed E-state index contributed by atoms with van der Waals surface area (Å²) in [6, 6.07) is 4.72. The number of amides is 1. The largest absolute Gasteiger partial charge is 0.454 e. The van der Waals surface area contributed by atoms with Crippen LogP contribution in [-0.2, 0) is 12.4 Å². The van der Waals surface area contributed by atoms with Gasteiger partial charge >= 0.3 is 12.4 Å². The first-order valence-corrected chi connectivity index (χ1v) is 8.32. The second-order valence-electron chi connectivity index (χ2n) is 6.15. The second kappa shape index (κ2) is 7.78. The van der Waals surface area contributed by atoms with Crippen molar-refractivity contribution in [3.63, 3.8) is 0 Å². The average molecular weight is 443 g/mol. The normalized spacial score (nSPS) is 11.9. The van der Waals surface area contributed by atoms with Gasteiger partial charge in [-0.25, -0.2) is 4.98 Å². The fraction of sp³-hybridized carbons (Fsp3) is 0.105. The Bertz CT molecular complexity index is 1180. The zero-order valence-electron chi connectivity index (χ0n) is 15.1. The summed E-state index contributed by atoms with van der Waals surface area (Å²) in [5.41, 5.74) is 0.583. The van der Waals surface area contributed by atoms with Crippen LogP contribution >= 0.6 is 0 Å². The summed E-state index contributed by atoms with van der Waals surface area (Å²) in [7, 11) is 0. The lowest BCUT2D eigenvalue weighted by atomic mass is 9.95. The van der Waals surface area contributed by atoms with Crippen LogP contribution in [-0.4, -0.2) is 15.9 Å². The number of nitrogens with zero attached hydrogens (tertiary/aromatic N) is 1. The third-order valence-corrected chi connectivity index (χ3v) is 4.04. The number of H-pyrrole nitrogens is 1. The Morgan fingerprint density at radius 3 is 2.23 bits per heavy atom. The number of aromatic amines is 1. The van der Waals surface area contributed by atoms with Crippen LogP contribution < -0.4 is 16.0 Å². The van der Waals surface area contributed by atoms with E-state index in [9.17, 15) is 35.9 Å². The summed E-state index contributed by atoms with van der Waals surface area (Å²) in [6.07, 6.45) is -7.96. The first kappa shape index (κ1) is 21.9. The lowest BCUT2D eigenvalue weighted by Gasteiger charge is -2.19. The van der Waals surface area contributed by atoms with E-state index in [1.54, 1.807) is 0 Å². The van der Waals surface area contributed by atoms with E-state index in [4.69, 9.17) is 10.5 Å². The molecule has 12 heteroatoms. The summed E-state index contributed by atoms with van der Waals surface area (Å²) in [6.45, 7) is 0. The zero-order valence-corrected chi connectivity index (χ0v) is 15.1. The Morgan fingerprint density at radius 1 is 1.00 bits per heavy atom. The highest BCUT2D eigenvalue weighted by molar-refractivity contribution is 5.99. The molecule has 0 atom stereocenters. The van der Waals surface area contributed by atoms with Crippen molar-refractivity contribution in [2.45, 2.75) is 12.4 Å². The number of alkyl halides is 6. The molecule has 3 N–H and O–H groups in total. The molecule has 1 amide bonds. The Labute approximate surface area is 169 Å². The van der Waals surface area contributed by atoms with E-state index in [1.807, 2.05) is 0 Å². The van der Waals surface area contributed by atoms with Gasteiger partial charge in [0.05, 0.1) is 17.3 Å². The molecule has 0 radical (unpaired) electrons. The molecule has 31 heavy (non-hydrogen) atoms. The van der Waals surface area contributed by atoms with Crippen molar-refractivity contribution in [2.24, 2.45) is 5.73 Å². The topological polar surface area (TPSA) is 98.1 Å². The molecular weight excluding hydrogens is 432 g/mol. The van der Waals surface area contributed by atoms with E-state index < -0.39 is 52.0 Å². The molecule has 3 aromatic rings. The number of nitrogens with one attached hydrogen (secondary N) is 1. The molecule has 0 saturated heterocycles. The van der Waals surface area contributed by atoms with E-state index in [1.165, 1.54) is 0 Å². The van der Waals surface area contributed by atoms with Gasteiger partial charge in [0.2, 0.25) is 5.56 Å². The van der Waals surface area contributed by atoms with Crippen LogP contribution in [0.2, 0.25) is 0 Å². The van der Waals surface area contributed by atoms with Crippen molar-refractivity contribution in [3.8, 4) is 22.6 Å². The van der Waals surface area contributed by atoms with E-state index >= 15 is 0 Å². The van der Waals surface area contributed by atoms with Crippen molar-refractivity contribution in [1.29, 1.82) is 0 Å². The number of ether oxygens (including phenoxy) is 1. The van der Waals surface area contributed by atoms with Gasteiger partial charge < -0.3 is 15.5 Å². The summed E-state index contributed by atoms with van der Waals surface area (Å²) in [5.74, 6) is -2.23. The molecule has 0 bridgehead atoms. The van der Waals surface area contributed by atoms with Gasteiger partial charge in [0.1, 0.15) is 17.2 Å². The van der Waals surface area contributed by atoms with Gasteiger partial charge in [0, 0.05) is 17.8 Å². The number of hydrogen-bond acceptors (Lipinski definition) is 4. The number of halogens is 6. The summed E-state index contributed by atoms with van der Waals surface area (Å²) < 4.78 is 84.5. The molecular formula is C19H11F6N3O3. The molecule has 0 fully saturated rings. The predicted molar refractivity (Wildman–Crippen MR) is 95.3 cm³/mol. The third-order valence-electron chi connectivity index (χ3n) is 4.04. The number of primary amides is 1. The van der Waals surface area contributed by atoms with Crippen LogP contribution in [0.15, 0.2) is 53.6 Å². The minimum Gasteiger partial charge on any atom is -0.454 e. The molecule has 3 rings (SSSR count). The quantitative estimate of drug-likeness (QED) is 0.586. The zero-order chi connectivity index (χ0) is 23.0. The third kappa shape index (κ3) is 4.68. The monoisotopic (exact) mass is 443 g/mol. The Kier molecular flexibility index (Phi) is 5.49. The number of aromatic nitrogens is 2. The maximum absolute atomic E-state index is 13.7. The Balaban J connectivity index is 2.26. The molecule has 2 heterocycles. The smallest absolute Gasteiger partial charge is 0.433 e. The van der Waals surface area contributed by atoms with Gasteiger partial charge in [0.25, 0.3) is 5.91 Å². The molecule has 0 saturated carbocycles. The molecule has 0 unspecified atom stereocenters. The predicted octanol–water partition coefficient (Wildman–Crippen LogP) is 4.37. The maximum atomic E-state index is 13.7. The second-order valence-corrected chi connectivity index (χ2v) is 6.15. The van der Waals surface area contributed by atoms with E-state index in [2.05, 4.69) is 9.97 Å². The van der Waals surface area contributed by atoms with Crippen LogP contribution in [0.4, 0.5) is 26.3 Å². The van der Waals surface area contributed by atoms with Crippen molar-refractivity contribution >= 4 is 5.91 Å². The number of nitrogens with two attached hydrogens (primary N) is 1. The standard InChI is InChI=1S/C19H11F6N3O3/c20-18(21,22)12-3-2-11(17(26)30)16(15(12)9-5-6-27-14(29)7-9)31-10-1-4-13(28-8-10)19(23,24)25/h1-8H,(H2,26,30)(H,27,29). The average Bonchev–Trinajstić information content (AvgIpc) is 2.66. The molecule has 0 spiro atoms. The first-order valence-electron chi connectivity index (χ1n) is 8.32. The van der Waals surface area contributed by atoms with Crippen molar-refractivity contribution in [1.82, 2.24) is 9.97 Å². The molecule has 1 aromatic carbocycles. The molecule has 6 nitrogen and oxygen atoms in total. The number of rotatable bonds is 4. The highest BCUT2D eigenvalue weighted by Crippen LogP contribution is 2.45. The number of benzene rings is 1. The van der Waals surface area contributed by atoms with Crippen LogP contribution in [0.25, 0.3) is 11.1 Å². The van der Waals surface area contributed by atoms with E-state index in [0.29, 0.717) is 18.3 Å². The van der Waals surface area contributed by atoms with Gasteiger partial charge in [0.15, 0.2) is 0 Å². The van der Waals surface area contributed by atoms with Gasteiger partial charge in [-0.05, 0) is 35.9 Å². The van der Waals surface area contributed by atoms with Gasteiger partial charge in [-0.1, -0.05) is 0 Å². The van der Waals surface area contributed by atoms with E-state index in [0.717, 1.165) is 30.5 Å². The maximum Gasteiger partial charge on any atom is 0.433 e. The van der Waals surface area contributed by atoms with Gasteiger partial charge in [-0.3, -0.25) is 9.59 Å². The summed E-state index contributed by atoms with van der Waals surface area (Å²) >= 11 is 0. The lowest BCUT2D eigenvalue weighted by molar-refractivity contribution is -0.141.